The van der Waals surface area contributed by atoms with Crippen LogP contribution in [0.2, 0.25) is 0 Å². The van der Waals surface area contributed by atoms with E-state index >= 15 is 0 Å². The van der Waals surface area contributed by atoms with E-state index in [4.69, 9.17) is 4.74 Å². The molecule has 2 heterocycles. The van der Waals surface area contributed by atoms with E-state index < -0.39 is 0 Å². The molecule has 0 amide bonds. The number of rotatable bonds is 8. The second kappa shape index (κ2) is 12.2. The Hall–Kier alpha value is -4.09. The van der Waals surface area contributed by atoms with Crippen LogP contribution >= 0.6 is 11.8 Å². The van der Waals surface area contributed by atoms with Crippen LogP contribution in [-0.4, -0.2) is 20.1 Å². The van der Waals surface area contributed by atoms with Crippen LogP contribution < -0.4 is 9.47 Å². The highest BCUT2D eigenvalue weighted by atomic mass is 32.2. The summed E-state index contributed by atoms with van der Waals surface area (Å²) < 4.78 is 7.19. The van der Waals surface area contributed by atoms with E-state index in [-0.39, 0.29) is 5.97 Å². The van der Waals surface area contributed by atoms with Gasteiger partial charge in [0.15, 0.2) is 11.9 Å². The van der Waals surface area contributed by atoms with Crippen molar-refractivity contribution in [3.05, 3.63) is 131 Å². The molecule has 196 valence electrons. The maximum atomic E-state index is 12.0. The number of pyridine rings is 1. The van der Waals surface area contributed by atoms with Gasteiger partial charge in [0.1, 0.15) is 0 Å². The molecule has 0 spiro atoms. The molecule has 39 heavy (non-hydrogen) atoms. The minimum Gasteiger partial charge on any atom is -0.465 e. The average Bonchev–Trinajstić information content (AvgIpc) is 3.30. The van der Waals surface area contributed by atoms with Gasteiger partial charge in [0.2, 0.25) is 5.69 Å². The van der Waals surface area contributed by atoms with Crippen LogP contribution in [0.25, 0.3) is 17.3 Å². The van der Waals surface area contributed by atoms with Gasteiger partial charge in [0.05, 0.1) is 23.4 Å². The minimum absolute atomic E-state index is 0.332. The lowest BCUT2D eigenvalue weighted by atomic mass is 10.0. The smallest absolute Gasteiger partial charge is 0.337 e. The summed E-state index contributed by atoms with van der Waals surface area (Å²) >= 11 is 1.77. The SMILES string of the molecule is CCCCc1cc(/C=C(/C=C2/Sc3ccccc3N2C)c2ccc(C(=O)OC)cc2)cc[n+]1-c1ccccc1. The zero-order valence-electron chi connectivity index (χ0n) is 22.6. The van der Waals surface area contributed by atoms with Crippen LogP contribution in [0.15, 0.2) is 113 Å². The first kappa shape index (κ1) is 26.5. The first-order chi connectivity index (χ1) is 19.1. The molecule has 0 atom stereocenters. The molecule has 1 aromatic heterocycles. The molecular weight excluding hydrogens is 500 g/mol. The van der Waals surface area contributed by atoms with E-state index in [9.17, 15) is 4.79 Å². The van der Waals surface area contributed by atoms with Gasteiger partial charge in [-0.05, 0) is 59.5 Å². The Labute approximate surface area is 235 Å². The summed E-state index contributed by atoms with van der Waals surface area (Å²) in [4.78, 5) is 15.5. The molecule has 0 N–H and O–H groups in total. The molecule has 0 unspecified atom stereocenters. The van der Waals surface area contributed by atoms with Gasteiger partial charge in [-0.2, -0.15) is 4.57 Å². The van der Waals surface area contributed by atoms with Gasteiger partial charge in [-0.25, -0.2) is 4.79 Å². The number of carbonyl (C=O) groups is 1. The number of aromatic nitrogens is 1. The van der Waals surface area contributed by atoms with E-state index in [2.05, 4.69) is 109 Å². The summed E-state index contributed by atoms with van der Waals surface area (Å²) in [5.74, 6) is -0.332. The number of unbranched alkanes of at least 4 members (excludes halogenated alkanes) is 1. The number of thioether (sulfide) groups is 1. The van der Waals surface area contributed by atoms with Crippen molar-refractivity contribution in [3.63, 3.8) is 0 Å². The second-order valence-electron chi connectivity index (χ2n) is 9.54. The van der Waals surface area contributed by atoms with Crippen LogP contribution in [-0.2, 0) is 11.2 Å². The van der Waals surface area contributed by atoms with Crippen molar-refractivity contribution < 1.29 is 14.1 Å². The molecule has 0 fully saturated rings. The predicted octanol–water partition coefficient (Wildman–Crippen LogP) is 7.72. The molecule has 1 aliphatic heterocycles. The molecule has 0 radical (unpaired) electrons. The van der Waals surface area contributed by atoms with Crippen molar-refractivity contribution in [2.75, 3.05) is 19.1 Å². The lowest BCUT2D eigenvalue weighted by Crippen LogP contribution is -2.35. The summed E-state index contributed by atoms with van der Waals surface area (Å²) in [6.07, 6.45) is 9.92. The van der Waals surface area contributed by atoms with Crippen molar-refractivity contribution in [3.8, 4) is 5.69 Å². The fraction of sp³-hybridized carbons (Fsp3) is 0.176. The highest BCUT2D eigenvalue weighted by molar-refractivity contribution is 8.03. The van der Waals surface area contributed by atoms with Crippen molar-refractivity contribution in [2.24, 2.45) is 0 Å². The Morgan fingerprint density at radius 1 is 0.949 bits per heavy atom. The highest BCUT2D eigenvalue weighted by Gasteiger charge is 2.22. The second-order valence-corrected chi connectivity index (χ2v) is 10.6. The molecule has 4 aromatic rings. The Morgan fingerprint density at radius 3 is 2.38 bits per heavy atom. The van der Waals surface area contributed by atoms with Crippen molar-refractivity contribution in [2.45, 2.75) is 31.1 Å². The first-order valence-electron chi connectivity index (χ1n) is 13.3. The number of para-hydroxylation sites is 2. The van der Waals surface area contributed by atoms with Gasteiger partial charge < -0.3 is 9.64 Å². The zero-order valence-corrected chi connectivity index (χ0v) is 23.4. The van der Waals surface area contributed by atoms with Crippen LogP contribution in [0, 0.1) is 0 Å². The number of hydrogen-bond acceptors (Lipinski definition) is 4. The first-order valence-corrected chi connectivity index (χ1v) is 14.1. The quantitative estimate of drug-likeness (QED) is 0.172. The third kappa shape index (κ3) is 5.99. The van der Waals surface area contributed by atoms with Crippen molar-refractivity contribution in [1.29, 1.82) is 0 Å². The molecule has 0 bridgehead atoms. The minimum atomic E-state index is -0.332. The van der Waals surface area contributed by atoms with Gasteiger partial charge in [-0.3, -0.25) is 0 Å². The van der Waals surface area contributed by atoms with E-state index in [1.54, 1.807) is 11.8 Å². The zero-order chi connectivity index (χ0) is 27.2. The monoisotopic (exact) mass is 533 g/mol. The molecule has 5 rings (SSSR count). The number of methoxy groups -OCH3 is 1. The molecular formula is C34H33N2O2S+. The number of allylic oxidation sites excluding steroid dienone is 2. The maximum Gasteiger partial charge on any atom is 0.337 e. The third-order valence-electron chi connectivity index (χ3n) is 6.89. The van der Waals surface area contributed by atoms with Crippen LogP contribution in [0.3, 0.4) is 0 Å². The third-order valence-corrected chi connectivity index (χ3v) is 8.06. The molecule has 0 saturated carbocycles. The Morgan fingerprint density at radius 2 is 1.67 bits per heavy atom. The largest absolute Gasteiger partial charge is 0.465 e. The molecule has 5 heteroatoms. The summed E-state index contributed by atoms with van der Waals surface area (Å²) in [6.45, 7) is 2.23. The number of nitrogens with zero attached hydrogens (tertiary/aromatic N) is 2. The summed E-state index contributed by atoms with van der Waals surface area (Å²) in [5, 5.41) is 1.15. The van der Waals surface area contributed by atoms with E-state index in [1.807, 2.05) is 24.3 Å². The Bertz CT molecular complexity index is 1520. The lowest BCUT2D eigenvalue weighted by Gasteiger charge is -2.15. The van der Waals surface area contributed by atoms with E-state index in [0.29, 0.717) is 5.56 Å². The molecule has 0 aliphatic carbocycles. The summed E-state index contributed by atoms with van der Waals surface area (Å²) in [7, 11) is 3.51. The van der Waals surface area contributed by atoms with Gasteiger partial charge in [-0.15, -0.1) is 0 Å². The Kier molecular flexibility index (Phi) is 8.28. The molecule has 1 aliphatic rings. The van der Waals surface area contributed by atoms with Crippen LogP contribution in [0.5, 0.6) is 0 Å². The van der Waals surface area contributed by atoms with E-state index in [0.717, 1.165) is 41.0 Å². The van der Waals surface area contributed by atoms with Crippen molar-refractivity contribution in [1.82, 2.24) is 0 Å². The standard InChI is InChI=1S/C34H33N2O2S/c1-4-5-11-30-23-25(20-21-36(30)29-12-7-6-8-13-29)22-28(26-16-18-27(19-17-26)34(37)38-3)24-33-35(2)31-14-9-10-15-32(31)39-33/h6-10,12-24H,4-5,11H2,1-3H3/q+1. The number of aryl methyl sites for hydroxylation is 1. The van der Waals surface area contributed by atoms with Crippen LogP contribution in [0.4, 0.5) is 5.69 Å². The summed E-state index contributed by atoms with van der Waals surface area (Å²) in [5.41, 5.74) is 7.45. The maximum absolute atomic E-state index is 12.0. The van der Waals surface area contributed by atoms with Crippen molar-refractivity contribution >= 4 is 35.1 Å². The van der Waals surface area contributed by atoms with Crippen LogP contribution in [0.1, 0.15) is 46.9 Å². The highest BCUT2D eigenvalue weighted by Crippen LogP contribution is 2.45. The number of fused-ring (bicyclic) bond motifs is 1. The molecule has 0 saturated heterocycles. The van der Waals surface area contributed by atoms with Gasteiger partial charge in [0, 0.05) is 42.6 Å². The van der Waals surface area contributed by atoms with E-state index in [1.165, 1.54) is 29.1 Å². The predicted molar refractivity (Wildman–Crippen MR) is 161 cm³/mol. The number of esters is 1. The lowest BCUT2D eigenvalue weighted by molar-refractivity contribution is -0.604. The number of benzene rings is 3. The van der Waals surface area contributed by atoms with Gasteiger partial charge >= 0.3 is 5.97 Å². The fourth-order valence-electron chi connectivity index (χ4n) is 4.73. The normalized spacial score (nSPS) is 14.0. The number of ether oxygens (including phenoxy) is 1. The molecule has 3 aromatic carbocycles. The number of carbonyl (C=O) groups excluding carboxylic acids is 1. The van der Waals surface area contributed by atoms with Gasteiger partial charge in [-0.1, -0.05) is 67.6 Å². The topological polar surface area (TPSA) is 33.4 Å². The van der Waals surface area contributed by atoms with Gasteiger partial charge in [0.25, 0.3) is 0 Å². The molecule has 4 nitrogen and oxygen atoms in total. The average molecular weight is 534 g/mol. The number of hydrogen-bond donors (Lipinski definition) is 0. The Balaban J connectivity index is 1.58. The fourth-order valence-corrected chi connectivity index (χ4v) is 5.83. The summed E-state index contributed by atoms with van der Waals surface area (Å²) in [6, 6.07) is 31.1. The number of anilines is 1.